The molecule has 0 spiro atoms. The van der Waals surface area contributed by atoms with Gasteiger partial charge < -0.3 is 19.9 Å². The van der Waals surface area contributed by atoms with Gasteiger partial charge in [-0.15, -0.1) is 0 Å². The molecule has 28 heavy (non-hydrogen) atoms. The van der Waals surface area contributed by atoms with E-state index >= 15 is 0 Å². The van der Waals surface area contributed by atoms with Crippen molar-refractivity contribution < 1.29 is 29.0 Å². The molecule has 1 atom stereocenters. The van der Waals surface area contributed by atoms with Crippen LogP contribution in [0.5, 0.6) is 11.5 Å². The monoisotopic (exact) mass is 383 g/mol. The number of nitrogens with one attached hydrogen (secondary N) is 1. The van der Waals surface area contributed by atoms with Gasteiger partial charge in [0.25, 0.3) is 5.91 Å². The molecule has 0 aliphatic carbocycles. The molecule has 1 unspecified atom stereocenters. The zero-order valence-electron chi connectivity index (χ0n) is 15.8. The number of ether oxygens (including phenoxy) is 2. The van der Waals surface area contributed by atoms with Gasteiger partial charge in [-0.25, -0.2) is 4.79 Å². The number of anilines is 1. The molecule has 0 aliphatic heterocycles. The average Bonchev–Trinajstić information content (AvgIpc) is 2.67. The summed E-state index contributed by atoms with van der Waals surface area (Å²) in [5.41, 5.74) is 1.52. The van der Waals surface area contributed by atoms with E-state index in [-0.39, 0.29) is 17.3 Å². The van der Waals surface area contributed by atoms with Crippen LogP contribution >= 0.6 is 0 Å². The first-order valence-corrected chi connectivity index (χ1v) is 8.47. The molecule has 0 aromatic heterocycles. The summed E-state index contributed by atoms with van der Waals surface area (Å²) in [6, 6.07) is 11.1. The maximum Gasteiger partial charge on any atom is 0.331 e. The summed E-state index contributed by atoms with van der Waals surface area (Å²) in [5, 5.41) is 12.2. The summed E-state index contributed by atoms with van der Waals surface area (Å²) in [6.45, 7) is 2.88. The molecule has 0 saturated heterocycles. The molecule has 0 heterocycles. The Hall–Kier alpha value is -3.61. The number of ketones is 1. The van der Waals surface area contributed by atoms with E-state index in [9.17, 15) is 19.5 Å². The lowest BCUT2D eigenvalue weighted by molar-refractivity contribution is -0.148. The van der Waals surface area contributed by atoms with Crippen LogP contribution in [0.4, 0.5) is 5.69 Å². The van der Waals surface area contributed by atoms with Gasteiger partial charge in [-0.3, -0.25) is 9.59 Å². The van der Waals surface area contributed by atoms with Crippen LogP contribution in [0.3, 0.4) is 0 Å². The molecule has 7 heteroatoms. The van der Waals surface area contributed by atoms with Crippen LogP contribution in [0, 0.1) is 0 Å². The van der Waals surface area contributed by atoms with Crippen LogP contribution in [-0.4, -0.2) is 36.0 Å². The number of phenolic OH excluding ortho intramolecular Hbond substituents is 1. The lowest BCUT2D eigenvalue weighted by atomic mass is 10.1. The first-order chi connectivity index (χ1) is 13.3. The number of benzene rings is 2. The van der Waals surface area contributed by atoms with Crippen LogP contribution < -0.4 is 10.1 Å². The van der Waals surface area contributed by atoms with E-state index in [0.717, 1.165) is 0 Å². The van der Waals surface area contributed by atoms with Crippen molar-refractivity contribution in [1.82, 2.24) is 0 Å². The van der Waals surface area contributed by atoms with Crippen LogP contribution in [-0.2, 0) is 14.3 Å². The zero-order valence-corrected chi connectivity index (χ0v) is 15.8. The van der Waals surface area contributed by atoms with Gasteiger partial charge in [-0.1, -0.05) is 18.2 Å². The van der Waals surface area contributed by atoms with Crippen molar-refractivity contribution in [2.45, 2.75) is 20.0 Å². The third kappa shape index (κ3) is 5.70. The minimum absolute atomic E-state index is 0.0126. The van der Waals surface area contributed by atoms with E-state index in [1.54, 1.807) is 36.4 Å². The predicted octanol–water partition coefficient (Wildman–Crippen LogP) is 3.19. The van der Waals surface area contributed by atoms with Crippen molar-refractivity contribution in [3.63, 3.8) is 0 Å². The van der Waals surface area contributed by atoms with Crippen LogP contribution in [0.25, 0.3) is 6.08 Å². The number of carbonyl (C=O) groups is 3. The van der Waals surface area contributed by atoms with Gasteiger partial charge in [-0.05, 0) is 49.8 Å². The summed E-state index contributed by atoms with van der Waals surface area (Å²) in [4.78, 5) is 35.5. The highest BCUT2D eigenvalue weighted by Crippen LogP contribution is 2.26. The molecule has 2 aromatic carbocycles. The molecule has 0 aliphatic rings. The standard InChI is InChI=1S/C21H21NO6/c1-13(23)16-5-4-6-17(12-16)22-21(26)14(2)28-20(25)10-8-15-7-9-18(24)19(11-15)27-3/h4-12,14,24H,1-3H3,(H,22,26)/b10-8+. The van der Waals surface area contributed by atoms with E-state index in [4.69, 9.17) is 9.47 Å². The molecular formula is C21H21NO6. The lowest BCUT2D eigenvalue weighted by Crippen LogP contribution is -2.29. The topological polar surface area (TPSA) is 102 Å². The smallest absolute Gasteiger partial charge is 0.331 e. The summed E-state index contributed by atoms with van der Waals surface area (Å²) in [5.74, 6) is -1.08. The van der Waals surface area contributed by atoms with Crippen molar-refractivity contribution in [3.05, 3.63) is 59.7 Å². The molecular weight excluding hydrogens is 362 g/mol. The Balaban J connectivity index is 1.95. The van der Waals surface area contributed by atoms with Crippen molar-refractivity contribution in [1.29, 1.82) is 0 Å². The zero-order chi connectivity index (χ0) is 20.7. The lowest BCUT2D eigenvalue weighted by Gasteiger charge is -2.12. The minimum atomic E-state index is -1.03. The van der Waals surface area contributed by atoms with E-state index in [1.165, 1.54) is 39.2 Å². The number of phenols is 1. The van der Waals surface area contributed by atoms with Gasteiger partial charge in [0.15, 0.2) is 23.4 Å². The van der Waals surface area contributed by atoms with Gasteiger partial charge in [-0.2, -0.15) is 0 Å². The fourth-order valence-corrected chi connectivity index (χ4v) is 2.29. The summed E-state index contributed by atoms with van der Waals surface area (Å²) in [6.07, 6.45) is 1.62. The molecule has 2 aromatic rings. The molecule has 0 saturated carbocycles. The average molecular weight is 383 g/mol. The van der Waals surface area contributed by atoms with E-state index in [0.29, 0.717) is 16.8 Å². The Morgan fingerprint density at radius 1 is 1.14 bits per heavy atom. The maximum atomic E-state index is 12.2. The van der Waals surface area contributed by atoms with E-state index in [1.807, 2.05) is 0 Å². The fourth-order valence-electron chi connectivity index (χ4n) is 2.29. The SMILES string of the molecule is COc1cc(/C=C/C(=O)OC(C)C(=O)Nc2cccc(C(C)=O)c2)ccc1O. The van der Waals surface area contributed by atoms with Crippen molar-refractivity contribution in [2.75, 3.05) is 12.4 Å². The number of carbonyl (C=O) groups excluding carboxylic acids is 3. The number of methoxy groups -OCH3 is 1. The Kier molecular flexibility index (Phi) is 6.92. The third-order valence-corrected chi connectivity index (χ3v) is 3.81. The number of hydrogen-bond acceptors (Lipinski definition) is 6. The summed E-state index contributed by atoms with van der Waals surface area (Å²) in [7, 11) is 1.42. The van der Waals surface area contributed by atoms with Gasteiger partial charge in [0, 0.05) is 17.3 Å². The minimum Gasteiger partial charge on any atom is -0.504 e. The first-order valence-electron chi connectivity index (χ1n) is 8.47. The van der Waals surface area contributed by atoms with Crippen molar-refractivity contribution in [3.8, 4) is 11.5 Å². The Labute approximate surface area is 162 Å². The van der Waals surface area contributed by atoms with Crippen LogP contribution in [0.1, 0.15) is 29.8 Å². The molecule has 0 bridgehead atoms. The van der Waals surface area contributed by atoms with Crippen LogP contribution in [0.2, 0.25) is 0 Å². The first kappa shape index (κ1) is 20.7. The fraction of sp³-hybridized carbons (Fsp3) is 0.190. The van der Waals surface area contributed by atoms with Gasteiger partial charge in [0.05, 0.1) is 7.11 Å². The number of aromatic hydroxyl groups is 1. The van der Waals surface area contributed by atoms with Crippen LogP contribution in [0.15, 0.2) is 48.5 Å². The number of Topliss-reactive ketones (excluding diaryl/α,β-unsaturated/α-hetero) is 1. The molecule has 2 N–H and O–H groups in total. The molecule has 146 valence electrons. The Morgan fingerprint density at radius 2 is 1.89 bits per heavy atom. The maximum absolute atomic E-state index is 12.2. The van der Waals surface area contributed by atoms with Crippen molar-refractivity contribution >= 4 is 29.4 Å². The number of rotatable bonds is 7. The third-order valence-electron chi connectivity index (χ3n) is 3.81. The second kappa shape index (κ2) is 9.36. The summed E-state index contributed by atoms with van der Waals surface area (Å²) < 4.78 is 10.1. The summed E-state index contributed by atoms with van der Waals surface area (Å²) >= 11 is 0. The highest BCUT2D eigenvalue weighted by molar-refractivity contribution is 5.99. The highest BCUT2D eigenvalue weighted by atomic mass is 16.5. The number of hydrogen-bond donors (Lipinski definition) is 2. The highest BCUT2D eigenvalue weighted by Gasteiger charge is 2.17. The largest absolute Gasteiger partial charge is 0.504 e. The van der Waals surface area contributed by atoms with E-state index in [2.05, 4.69) is 5.32 Å². The van der Waals surface area contributed by atoms with Gasteiger partial charge >= 0.3 is 5.97 Å². The molecule has 7 nitrogen and oxygen atoms in total. The Morgan fingerprint density at radius 3 is 2.57 bits per heavy atom. The van der Waals surface area contributed by atoms with E-state index < -0.39 is 18.0 Å². The number of esters is 1. The Bertz CT molecular complexity index is 919. The molecule has 0 radical (unpaired) electrons. The molecule has 0 fully saturated rings. The normalized spacial score (nSPS) is 11.7. The second-order valence-electron chi connectivity index (χ2n) is 5.97. The van der Waals surface area contributed by atoms with Crippen molar-refractivity contribution in [2.24, 2.45) is 0 Å². The predicted molar refractivity (Wildman–Crippen MR) is 104 cm³/mol. The van der Waals surface area contributed by atoms with Gasteiger partial charge in [0.1, 0.15) is 0 Å². The van der Waals surface area contributed by atoms with Gasteiger partial charge in [0.2, 0.25) is 0 Å². The number of amides is 1. The quantitative estimate of drug-likeness (QED) is 0.433. The molecule has 2 rings (SSSR count). The second-order valence-corrected chi connectivity index (χ2v) is 5.97. The molecule has 1 amide bonds.